The lowest BCUT2D eigenvalue weighted by Gasteiger charge is -2.05. The average Bonchev–Trinajstić information content (AvgIpc) is 2.55. The van der Waals surface area contributed by atoms with Crippen LogP contribution in [0, 0.1) is 10.1 Å². The van der Waals surface area contributed by atoms with Crippen molar-refractivity contribution in [3.05, 3.63) is 63.0 Å². The number of nitro benzene ring substituents is 1. The Kier molecular flexibility index (Phi) is 3.46. The van der Waals surface area contributed by atoms with E-state index >= 15 is 0 Å². The maximum atomic E-state index is 12.6. The summed E-state index contributed by atoms with van der Waals surface area (Å²) in [4.78, 5) is 22.7. The van der Waals surface area contributed by atoms with Gasteiger partial charge >= 0.3 is 5.69 Å². The molecule has 7 nitrogen and oxygen atoms in total. The van der Waals surface area contributed by atoms with E-state index in [4.69, 9.17) is 9.15 Å². The van der Waals surface area contributed by atoms with Gasteiger partial charge in [-0.1, -0.05) is 0 Å². The molecule has 0 amide bonds. The van der Waals surface area contributed by atoms with Crippen molar-refractivity contribution in [2.75, 3.05) is 7.11 Å². The summed E-state index contributed by atoms with van der Waals surface area (Å²) in [6.07, 6.45) is 1.24. The van der Waals surface area contributed by atoms with Crippen LogP contribution in [-0.4, -0.2) is 17.1 Å². The van der Waals surface area contributed by atoms with E-state index in [9.17, 15) is 20.0 Å². The summed E-state index contributed by atoms with van der Waals surface area (Å²) < 4.78 is 10.5. The number of rotatable bonds is 3. The highest BCUT2D eigenvalue weighted by Crippen LogP contribution is 2.31. The maximum absolute atomic E-state index is 12.6. The van der Waals surface area contributed by atoms with E-state index in [1.165, 1.54) is 25.5 Å². The van der Waals surface area contributed by atoms with E-state index in [1.807, 2.05) is 0 Å². The second-order valence-electron chi connectivity index (χ2n) is 4.80. The molecule has 0 aliphatic carbocycles. The van der Waals surface area contributed by atoms with Crippen molar-refractivity contribution < 1.29 is 19.2 Å². The summed E-state index contributed by atoms with van der Waals surface area (Å²) in [5.74, 6) is 0.0855. The second-order valence-corrected chi connectivity index (χ2v) is 4.80. The molecule has 23 heavy (non-hydrogen) atoms. The lowest BCUT2D eigenvalue weighted by molar-refractivity contribution is -0.385. The Balaban J connectivity index is 2.21. The zero-order valence-electron chi connectivity index (χ0n) is 12.0. The molecule has 0 bridgehead atoms. The first-order chi connectivity index (χ1) is 11.0. The molecule has 2 aromatic carbocycles. The van der Waals surface area contributed by atoms with Gasteiger partial charge in [0.25, 0.3) is 0 Å². The lowest BCUT2D eigenvalue weighted by Crippen LogP contribution is -2.05. The van der Waals surface area contributed by atoms with Crippen LogP contribution < -0.4 is 10.2 Å². The molecule has 3 aromatic rings. The lowest BCUT2D eigenvalue weighted by atomic mass is 10.0. The van der Waals surface area contributed by atoms with Gasteiger partial charge in [0.1, 0.15) is 17.6 Å². The number of hydrogen-bond acceptors (Lipinski definition) is 6. The third-order valence-corrected chi connectivity index (χ3v) is 3.46. The standard InChI is InChI=1S/C16H11NO6/c1-22-10-3-4-11-15(7-10)23-8-12(16(11)19)9-2-5-14(18)13(6-9)17(20)21/h2-8,18H,1H3. The summed E-state index contributed by atoms with van der Waals surface area (Å²) in [5, 5.41) is 20.7. The third kappa shape index (κ3) is 2.48. The predicted molar refractivity (Wildman–Crippen MR) is 82.8 cm³/mol. The molecule has 0 aliphatic heterocycles. The van der Waals surface area contributed by atoms with Gasteiger partial charge in [-0.3, -0.25) is 14.9 Å². The van der Waals surface area contributed by atoms with Gasteiger partial charge in [-0.25, -0.2) is 0 Å². The highest BCUT2D eigenvalue weighted by molar-refractivity contribution is 5.83. The molecule has 7 heteroatoms. The molecule has 0 unspecified atom stereocenters. The van der Waals surface area contributed by atoms with Crippen LogP contribution in [0.3, 0.4) is 0 Å². The Morgan fingerprint density at radius 3 is 2.70 bits per heavy atom. The number of fused-ring (bicyclic) bond motifs is 1. The fourth-order valence-electron chi connectivity index (χ4n) is 2.27. The van der Waals surface area contributed by atoms with Crippen LogP contribution in [0.25, 0.3) is 22.1 Å². The Morgan fingerprint density at radius 1 is 1.22 bits per heavy atom. The molecule has 0 radical (unpaired) electrons. The number of nitrogens with zero attached hydrogens (tertiary/aromatic N) is 1. The Hall–Kier alpha value is -3.35. The number of aromatic hydroxyl groups is 1. The first-order valence-corrected chi connectivity index (χ1v) is 6.58. The van der Waals surface area contributed by atoms with E-state index < -0.39 is 16.4 Å². The molecule has 0 atom stereocenters. The quantitative estimate of drug-likeness (QED) is 0.588. The number of methoxy groups -OCH3 is 1. The summed E-state index contributed by atoms with van der Waals surface area (Å²) in [6.45, 7) is 0. The van der Waals surface area contributed by atoms with E-state index in [1.54, 1.807) is 18.2 Å². The van der Waals surface area contributed by atoms with Gasteiger partial charge in [0.15, 0.2) is 11.2 Å². The minimum absolute atomic E-state index is 0.172. The van der Waals surface area contributed by atoms with Gasteiger partial charge < -0.3 is 14.3 Å². The van der Waals surface area contributed by atoms with Crippen LogP contribution >= 0.6 is 0 Å². The largest absolute Gasteiger partial charge is 0.502 e. The molecule has 0 saturated heterocycles. The van der Waals surface area contributed by atoms with Crippen molar-refractivity contribution in [1.29, 1.82) is 0 Å². The minimum atomic E-state index is -0.716. The summed E-state index contributed by atoms with van der Waals surface area (Å²) in [5.41, 5.74) is 0.0173. The number of ether oxygens (including phenoxy) is 1. The third-order valence-electron chi connectivity index (χ3n) is 3.46. The zero-order chi connectivity index (χ0) is 16.6. The Labute approximate surface area is 129 Å². The predicted octanol–water partition coefficient (Wildman–Crippen LogP) is 3.08. The first-order valence-electron chi connectivity index (χ1n) is 6.58. The van der Waals surface area contributed by atoms with Crippen LogP contribution in [0.1, 0.15) is 0 Å². The molecule has 3 rings (SSSR count). The molecule has 0 aliphatic rings. The Morgan fingerprint density at radius 2 is 2.00 bits per heavy atom. The topological polar surface area (TPSA) is 103 Å². The number of benzene rings is 2. The smallest absolute Gasteiger partial charge is 0.311 e. The fraction of sp³-hybridized carbons (Fsp3) is 0.0625. The molecule has 1 heterocycles. The van der Waals surface area contributed by atoms with Crippen molar-refractivity contribution in [1.82, 2.24) is 0 Å². The second kappa shape index (κ2) is 5.45. The van der Waals surface area contributed by atoms with Crippen LogP contribution in [0.4, 0.5) is 5.69 Å². The molecule has 0 spiro atoms. The Bertz CT molecular complexity index is 976. The van der Waals surface area contributed by atoms with Gasteiger partial charge in [0.05, 0.1) is 23.0 Å². The molecule has 1 aromatic heterocycles. The van der Waals surface area contributed by atoms with Gasteiger partial charge in [0, 0.05) is 12.1 Å². The summed E-state index contributed by atoms with van der Waals surface area (Å²) in [7, 11) is 1.50. The van der Waals surface area contributed by atoms with E-state index in [-0.39, 0.29) is 11.0 Å². The molecule has 0 fully saturated rings. The van der Waals surface area contributed by atoms with Crippen LogP contribution in [-0.2, 0) is 0 Å². The van der Waals surface area contributed by atoms with Crippen molar-refractivity contribution in [2.24, 2.45) is 0 Å². The van der Waals surface area contributed by atoms with E-state index in [2.05, 4.69) is 0 Å². The summed E-state index contributed by atoms with van der Waals surface area (Å²) >= 11 is 0. The van der Waals surface area contributed by atoms with Crippen LogP contribution in [0.2, 0.25) is 0 Å². The molecule has 116 valence electrons. The minimum Gasteiger partial charge on any atom is -0.502 e. The number of phenols is 1. The SMILES string of the molecule is COc1ccc2c(=O)c(-c3ccc(O)c([N+](=O)[O-])c3)coc2c1. The van der Waals surface area contributed by atoms with Crippen LogP contribution in [0.5, 0.6) is 11.5 Å². The average molecular weight is 313 g/mol. The molecular formula is C16H11NO6. The van der Waals surface area contributed by atoms with Crippen molar-refractivity contribution >= 4 is 16.7 Å². The molecular weight excluding hydrogens is 302 g/mol. The zero-order valence-corrected chi connectivity index (χ0v) is 12.0. The van der Waals surface area contributed by atoms with Gasteiger partial charge in [-0.05, 0) is 29.8 Å². The number of phenolic OH excluding ortho intramolecular Hbond substituents is 1. The van der Waals surface area contributed by atoms with Gasteiger partial charge in [-0.2, -0.15) is 0 Å². The maximum Gasteiger partial charge on any atom is 0.311 e. The molecule has 1 N–H and O–H groups in total. The normalized spacial score (nSPS) is 10.7. The van der Waals surface area contributed by atoms with Gasteiger partial charge in [0.2, 0.25) is 0 Å². The van der Waals surface area contributed by atoms with E-state index in [0.29, 0.717) is 22.3 Å². The highest BCUT2D eigenvalue weighted by Gasteiger charge is 2.17. The number of nitro groups is 1. The highest BCUT2D eigenvalue weighted by atomic mass is 16.6. The van der Waals surface area contributed by atoms with Crippen molar-refractivity contribution in [2.45, 2.75) is 0 Å². The van der Waals surface area contributed by atoms with Crippen LogP contribution in [0.15, 0.2) is 51.9 Å². The monoisotopic (exact) mass is 313 g/mol. The summed E-state index contributed by atoms with van der Waals surface area (Å²) in [6, 6.07) is 8.51. The first kappa shape index (κ1) is 14.6. The fourth-order valence-corrected chi connectivity index (χ4v) is 2.27. The van der Waals surface area contributed by atoms with Crippen molar-refractivity contribution in [3.63, 3.8) is 0 Å². The van der Waals surface area contributed by atoms with Gasteiger partial charge in [-0.15, -0.1) is 0 Å². The van der Waals surface area contributed by atoms with E-state index in [0.717, 1.165) is 6.07 Å². The molecule has 0 saturated carbocycles. The van der Waals surface area contributed by atoms with Crippen molar-refractivity contribution in [3.8, 4) is 22.6 Å². The number of hydrogen-bond donors (Lipinski definition) is 1.